The average molecular weight is 404 g/mol. The Kier molecular flexibility index (Phi) is 10.5. The Morgan fingerprint density at radius 1 is 1.07 bits per heavy atom. The second-order valence-corrected chi connectivity index (χ2v) is 6.78. The fourth-order valence-corrected chi connectivity index (χ4v) is 2.98. The fourth-order valence-electron chi connectivity index (χ4n) is 2.98. The quantitative estimate of drug-likeness (QED) is 0.759. The van der Waals surface area contributed by atoms with Gasteiger partial charge in [-0.3, -0.25) is 4.79 Å². The number of ether oxygens (including phenoxy) is 2. The van der Waals surface area contributed by atoms with Gasteiger partial charge in [0.1, 0.15) is 5.75 Å². The summed E-state index contributed by atoms with van der Waals surface area (Å²) in [5, 5.41) is 9.09. The van der Waals surface area contributed by atoms with Crippen LogP contribution in [0, 0.1) is 11.8 Å². The molecule has 0 saturated heterocycles. The molecule has 7 nitrogen and oxygen atoms in total. The Bertz CT molecular complexity index is 628. The third kappa shape index (κ3) is 7.91. The molecule has 0 aliphatic heterocycles. The van der Waals surface area contributed by atoms with Crippen LogP contribution >= 0.6 is 0 Å². The molecule has 0 spiro atoms. The van der Waals surface area contributed by atoms with Crippen LogP contribution in [0.1, 0.15) is 39.5 Å². The number of hydrogen-bond donors (Lipinski definition) is 1. The van der Waals surface area contributed by atoms with Crippen molar-refractivity contribution in [3.63, 3.8) is 0 Å². The SMILES string of the molecule is CC(C)OC(=O)N(CC1CCC(C(=O)O)CC1)C(=O)Oc1ccccc1.[KH]. The molecule has 0 heterocycles. The third-order valence-electron chi connectivity index (χ3n) is 4.36. The summed E-state index contributed by atoms with van der Waals surface area (Å²) in [7, 11) is 0. The molecule has 0 aromatic heterocycles. The van der Waals surface area contributed by atoms with E-state index in [0.717, 1.165) is 4.90 Å². The van der Waals surface area contributed by atoms with Crippen LogP contribution in [0.15, 0.2) is 30.3 Å². The first-order chi connectivity index (χ1) is 12.4. The van der Waals surface area contributed by atoms with Gasteiger partial charge in [-0.2, -0.15) is 0 Å². The number of aliphatic carboxylic acids is 1. The summed E-state index contributed by atoms with van der Waals surface area (Å²) in [6.07, 6.45) is 0.463. The number of carboxylic acid groups (broad SMARTS) is 1. The topological polar surface area (TPSA) is 93.1 Å². The summed E-state index contributed by atoms with van der Waals surface area (Å²) in [6.45, 7) is 3.57. The molecule has 1 aromatic rings. The van der Waals surface area contributed by atoms with E-state index in [4.69, 9.17) is 14.6 Å². The van der Waals surface area contributed by atoms with Crippen molar-refractivity contribution in [2.45, 2.75) is 45.6 Å². The van der Waals surface area contributed by atoms with Gasteiger partial charge >= 0.3 is 69.5 Å². The van der Waals surface area contributed by atoms with Crippen molar-refractivity contribution in [3.8, 4) is 5.75 Å². The molecule has 27 heavy (non-hydrogen) atoms. The van der Waals surface area contributed by atoms with E-state index >= 15 is 0 Å². The van der Waals surface area contributed by atoms with Gasteiger partial charge < -0.3 is 14.6 Å². The van der Waals surface area contributed by atoms with Crippen molar-refractivity contribution in [2.24, 2.45) is 11.8 Å². The first-order valence-corrected chi connectivity index (χ1v) is 8.84. The molecule has 1 N–H and O–H groups in total. The van der Waals surface area contributed by atoms with Gasteiger partial charge in [0.25, 0.3) is 0 Å². The summed E-state index contributed by atoms with van der Waals surface area (Å²) in [5.41, 5.74) is 0. The van der Waals surface area contributed by atoms with Crippen LogP contribution < -0.4 is 4.74 Å². The minimum atomic E-state index is -0.790. The number of amides is 2. The number of para-hydroxylation sites is 1. The number of carbonyl (C=O) groups is 3. The Balaban J connectivity index is 0.00000364. The monoisotopic (exact) mass is 403 g/mol. The number of benzene rings is 1. The molecule has 0 radical (unpaired) electrons. The summed E-state index contributed by atoms with van der Waals surface area (Å²) >= 11 is 0. The van der Waals surface area contributed by atoms with Gasteiger partial charge in [0.05, 0.1) is 12.0 Å². The van der Waals surface area contributed by atoms with Gasteiger partial charge in [-0.25, -0.2) is 14.5 Å². The van der Waals surface area contributed by atoms with Crippen LogP contribution in [0.2, 0.25) is 0 Å². The van der Waals surface area contributed by atoms with Gasteiger partial charge in [-0.1, -0.05) is 18.2 Å². The van der Waals surface area contributed by atoms with Crippen LogP contribution in [0.3, 0.4) is 0 Å². The first-order valence-electron chi connectivity index (χ1n) is 8.84. The second-order valence-electron chi connectivity index (χ2n) is 6.78. The van der Waals surface area contributed by atoms with Crippen LogP contribution in [0.4, 0.5) is 9.59 Å². The molecule has 8 heteroatoms. The molecular weight excluding hydrogens is 377 g/mol. The molecule has 0 bridgehead atoms. The maximum atomic E-state index is 12.5. The number of nitrogens with zero attached hydrogens (tertiary/aromatic N) is 1. The normalized spacial score (nSPS) is 18.9. The maximum absolute atomic E-state index is 12.5. The number of carboxylic acids is 1. The Labute approximate surface area is 201 Å². The fraction of sp³-hybridized carbons (Fsp3) is 0.526. The summed E-state index contributed by atoms with van der Waals surface area (Å²) < 4.78 is 10.4. The predicted molar refractivity (Wildman–Crippen MR) is 101 cm³/mol. The zero-order valence-electron chi connectivity index (χ0n) is 15.1. The van der Waals surface area contributed by atoms with E-state index in [-0.39, 0.29) is 75.9 Å². The molecule has 144 valence electrons. The predicted octanol–water partition coefficient (Wildman–Crippen LogP) is 3.27. The van der Waals surface area contributed by atoms with E-state index in [1.54, 1.807) is 44.2 Å². The van der Waals surface area contributed by atoms with Gasteiger partial charge in [0, 0.05) is 6.54 Å². The molecule has 0 atom stereocenters. The molecule has 1 aliphatic rings. The molecule has 0 unspecified atom stereocenters. The van der Waals surface area contributed by atoms with Crippen molar-refractivity contribution in [2.75, 3.05) is 6.54 Å². The molecular formula is C19H26KNO6. The van der Waals surface area contributed by atoms with Crippen molar-refractivity contribution in [1.29, 1.82) is 0 Å². The van der Waals surface area contributed by atoms with Crippen LogP contribution in [0.25, 0.3) is 0 Å². The van der Waals surface area contributed by atoms with Gasteiger partial charge in [-0.05, 0) is 57.6 Å². The van der Waals surface area contributed by atoms with Gasteiger partial charge in [-0.15, -0.1) is 0 Å². The summed E-state index contributed by atoms with van der Waals surface area (Å²) in [6, 6.07) is 8.51. The van der Waals surface area contributed by atoms with Crippen LogP contribution in [-0.4, -0.2) is 92.2 Å². The van der Waals surface area contributed by atoms with Gasteiger partial charge in [0.15, 0.2) is 0 Å². The number of rotatable bonds is 5. The summed E-state index contributed by atoms with van der Waals surface area (Å²) in [4.78, 5) is 36.9. The van der Waals surface area contributed by atoms with E-state index in [1.807, 2.05) is 0 Å². The standard InChI is InChI=1S/C19H25NO6.K.H/c1-13(2)25-18(23)20(19(24)26-16-6-4-3-5-7-16)12-14-8-10-15(11-9-14)17(21)22;;/h3-7,13-15H,8-12H2,1-2H3,(H,21,22);;. The Hall–Kier alpha value is -0.934. The van der Waals surface area contributed by atoms with Crippen LogP contribution in [-0.2, 0) is 9.53 Å². The summed E-state index contributed by atoms with van der Waals surface area (Å²) in [5.74, 6) is -0.760. The molecule has 2 amide bonds. The molecule has 2 rings (SSSR count). The van der Waals surface area contributed by atoms with Crippen molar-refractivity contribution in [1.82, 2.24) is 4.90 Å². The van der Waals surface area contributed by atoms with Crippen molar-refractivity contribution >= 4 is 69.5 Å². The number of imide groups is 1. The first kappa shape index (κ1) is 24.1. The Morgan fingerprint density at radius 3 is 2.19 bits per heavy atom. The van der Waals surface area contributed by atoms with Crippen molar-refractivity contribution < 1.29 is 29.0 Å². The van der Waals surface area contributed by atoms with E-state index in [2.05, 4.69) is 0 Å². The van der Waals surface area contributed by atoms with Crippen molar-refractivity contribution in [3.05, 3.63) is 30.3 Å². The number of carbonyl (C=O) groups excluding carboxylic acids is 2. The zero-order valence-corrected chi connectivity index (χ0v) is 15.1. The van der Waals surface area contributed by atoms with Crippen LogP contribution in [0.5, 0.6) is 5.75 Å². The van der Waals surface area contributed by atoms with E-state index < -0.39 is 18.2 Å². The molecule has 1 fully saturated rings. The number of hydrogen-bond acceptors (Lipinski definition) is 5. The molecule has 1 aromatic carbocycles. The second kappa shape index (κ2) is 11.8. The minimum absolute atomic E-state index is 0. The zero-order chi connectivity index (χ0) is 19.1. The van der Waals surface area contributed by atoms with E-state index in [9.17, 15) is 14.4 Å². The Morgan fingerprint density at radius 2 is 1.67 bits per heavy atom. The third-order valence-corrected chi connectivity index (χ3v) is 4.36. The van der Waals surface area contributed by atoms with Gasteiger partial charge in [0.2, 0.25) is 0 Å². The molecule has 1 saturated carbocycles. The van der Waals surface area contributed by atoms with E-state index in [1.165, 1.54) is 0 Å². The average Bonchev–Trinajstić information content (AvgIpc) is 2.60. The van der Waals surface area contributed by atoms with E-state index in [0.29, 0.717) is 31.4 Å². The molecule has 1 aliphatic carbocycles.